The Morgan fingerprint density at radius 2 is 1.73 bits per heavy atom. The number of halogens is 1. The molecule has 4 rings (SSSR count). The smallest absolute Gasteiger partial charge is 0.220 e. The predicted molar refractivity (Wildman–Crippen MR) is 140 cm³/mol. The van der Waals surface area contributed by atoms with Gasteiger partial charge in [-0.3, -0.25) is 9.69 Å². The summed E-state index contributed by atoms with van der Waals surface area (Å²) < 4.78 is 0. The summed E-state index contributed by atoms with van der Waals surface area (Å²) in [5.41, 5.74) is 4.09. The number of aryl methyl sites for hydroxylation is 1. The number of nitrogens with zero attached hydrogens (tertiary/aromatic N) is 1. The number of nitrogens with one attached hydrogen (secondary N) is 2. The van der Waals surface area contributed by atoms with E-state index in [9.17, 15) is 4.79 Å². The molecule has 2 aromatic carbocycles. The van der Waals surface area contributed by atoms with E-state index in [4.69, 9.17) is 0 Å². The second kappa shape index (κ2) is 11.7. The van der Waals surface area contributed by atoms with Crippen LogP contribution in [0.4, 0.5) is 0 Å². The first-order valence-corrected chi connectivity index (χ1v) is 12.1. The standard InChI is InChI=1S/C28H37N3O.ClH/c1-31(2)28(24-11-4-3-5-12-24)18-16-22(17-19-28)20-30-27(32)15-9-6-10-23-21-29-26-14-8-7-13-25(23)26;/h3-5,7-8,11-14,21-22,29H,6,9-10,15-20H2,1-2H3,(H,30,32);1H. The first kappa shape index (κ1) is 25.3. The maximum absolute atomic E-state index is 12.4. The Labute approximate surface area is 204 Å². The first-order valence-electron chi connectivity index (χ1n) is 12.1. The Hall–Kier alpha value is -2.30. The van der Waals surface area contributed by atoms with Gasteiger partial charge in [-0.1, -0.05) is 48.5 Å². The van der Waals surface area contributed by atoms with Gasteiger partial charge in [-0.15, -0.1) is 12.4 Å². The molecule has 1 fully saturated rings. The van der Waals surface area contributed by atoms with Gasteiger partial charge in [0.05, 0.1) is 0 Å². The molecule has 3 aromatic rings. The zero-order valence-electron chi connectivity index (χ0n) is 20.0. The highest BCUT2D eigenvalue weighted by Gasteiger charge is 2.38. The molecular formula is C28H38ClN3O. The zero-order chi connectivity index (χ0) is 22.4. The number of H-pyrrole nitrogens is 1. The minimum Gasteiger partial charge on any atom is -0.361 e. The van der Waals surface area contributed by atoms with Crippen LogP contribution in [0.5, 0.6) is 0 Å². The molecule has 1 aliphatic rings. The van der Waals surface area contributed by atoms with E-state index in [1.807, 2.05) is 0 Å². The van der Waals surface area contributed by atoms with E-state index in [0.717, 1.165) is 51.5 Å². The summed E-state index contributed by atoms with van der Waals surface area (Å²) in [6, 6.07) is 19.3. The third-order valence-corrected chi connectivity index (χ3v) is 7.46. The minimum atomic E-state index is 0. The molecule has 2 N–H and O–H groups in total. The number of carbonyl (C=O) groups excluding carboxylic acids is 1. The van der Waals surface area contributed by atoms with E-state index >= 15 is 0 Å². The maximum atomic E-state index is 12.4. The summed E-state index contributed by atoms with van der Waals surface area (Å²) in [5.74, 6) is 0.790. The highest BCUT2D eigenvalue weighted by atomic mass is 35.5. The minimum absolute atomic E-state index is 0. The lowest BCUT2D eigenvalue weighted by Gasteiger charge is -2.45. The van der Waals surface area contributed by atoms with Crippen LogP contribution in [0, 0.1) is 5.92 Å². The van der Waals surface area contributed by atoms with Crippen LogP contribution >= 0.6 is 12.4 Å². The molecule has 0 atom stereocenters. The maximum Gasteiger partial charge on any atom is 0.220 e. The molecule has 0 aliphatic heterocycles. The Morgan fingerprint density at radius 1 is 1.03 bits per heavy atom. The van der Waals surface area contributed by atoms with Gasteiger partial charge < -0.3 is 10.3 Å². The van der Waals surface area contributed by atoms with E-state index < -0.39 is 0 Å². The van der Waals surface area contributed by atoms with Gasteiger partial charge in [0.2, 0.25) is 5.91 Å². The summed E-state index contributed by atoms with van der Waals surface area (Å²) in [6.07, 6.45) is 10.4. The summed E-state index contributed by atoms with van der Waals surface area (Å²) in [6.45, 7) is 0.819. The molecule has 0 unspecified atom stereocenters. The number of benzene rings is 2. The third kappa shape index (κ3) is 5.99. The molecule has 1 amide bonds. The average molecular weight is 468 g/mol. The summed E-state index contributed by atoms with van der Waals surface area (Å²) in [5, 5.41) is 4.52. The number of aromatic amines is 1. The summed E-state index contributed by atoms with van der Waals surface area (Å²) >= 11 is 0. The van der Waals surface area contributed by atoms with Crippen LogP contribution in [0.1, 0.15) is 56.1 Å². The monoisotopic (exact) mass is 467 g/mol. The number of unbranched alkanes of at least 4 members (excludes halogenated alkanes) is 1. The van der Waals surface area contributed by atoms with Crippen molar-refractivity contribution in [2.45, 2.75) is 56.9 Å². The lowest BCUT2D eigenvalue weighted by molar-refractivity contribution is -0.121. The van der Waals surface area contributed by atoms with Crippen LogP contribution in [0.15, 0.2) is 60.8 Å². The molecule has 0 radical (unpaired) electrons. The highest BCUT2D eigenvalue weighted by molar-refractivity contribution is 5.85. The van der Waals surface area contributed by atoms with Gasteiger partial charge >= 0.3 is 0 Å². The van der Waals surface area contributed by atoms with Gasteiger partial charge in [-0.25, -0.2) is 0 Å². The van der Waals surface area contributed by atoms with Gasteiger partial charge in [0, 0.05) is 35.6 Å². The van der Waals surface area contributed by atoms with Crippen LogP contribution in [0.2, 0.25) is 0 Å². The Bertz CT molecular complexity index is 1010. The topological polar surface area (TPSA) is 48.1 Å². The fourth-order valence-corrected chi connectivity index (χ4v) is 5.39. The van der Waals surface area contributed by atoms with Crippen LogP contribution in [0.25, 0.3) is 10.9 Å². The number of amides is 1. The zero-order valence-corrected chi connectivity index (χ0v) is 20.8. The Kier molecular flexibility index (Phi) is 8.99. The van der Waals surface area contributed by atoms with Gasteiger partial charge in [0.25, 0.3) is 0 Å². The van der Waals surface area contributed by atoms with Crippen LogP contribution < -0.4 is 5.32 Å². The molecule has 1 heterocycles. The molecule has 4 nitrogen and oxygen atoms in total. The van der Waals surface area contributed by atoms with Crippen molar-refractivity contribution in [2.24, 2.45) is 5.92 Å². The second-order valence-corrected chi connectivity index (χ2v) is 9.61. The van der Waals surface area contributed by atoms with Crippen LogP contribution in [-0.4, -0.2) is 36.4 Å². The molecule has 178 valence electrons. The van der Waals surface area contributed by atoms with Crippen molar-refractivity contribution < 1.29 is 4.79 Å². The van der Waals surface area contributed by atoms with Crippen molar-refractivity contribution in [3.63, 3.8) is 0 Å². The van der Waals surface area contributed by atoms with E-state index in [1.54, 1.807) is 0 Å². The van der Waals surface area contributed by atoms with Gasteiger partial charge in [0.15, 0.2) is 0 Å². The largest absolute Gasteiger partial charge is 0.361 e. The van der Waals surface area contributed by atoms with Crippen molar-refractivity contribution in [3.05, 3.63) is 71.9 Å². The van der Waals surface area contributed by atoms with E-state index in [2.05, 4.69) is 90.1 Å². The van der Waals surface area contributed by atoms with Crippen molar-refractivity contribution in [3.8, 4) is 0 Å². The number of aromatic nitrogens is 1. The van der Waals surface area contributed by atoms with Crippen molar-refractivity contribution >= 4 is 29.2 Å². The summed E-state index contributed by atoms with van der Waals surface area (Å²) in [7, 11) is 4.40. The first-order chi connectivity index (χ1) is 15.6. The Balaban J connectivity index is 0.00000306. The van der Waals surface area contributed by atoms with E-state index in [1.165, 1.54) is 22.0 Å². The SMILES string of the molecule is CN(C)C1(c2ccccc2)CCC(CNC(=O)CCCCc2c[nH]c3ccccc23)CC1.Cl. The third-order valence-electron chi connectivity index (χ3n) is 7.46. The number of rotatable bonds is 9. The van der Waals surface area contributed by atoms with Crippen molar-refractivity contribution in [2.75, 3.05) is 20.6 Å². The van der Waals surface area contributed by atoms with Crippen LogP contribution in [0.3, 0.4) is 0 Å². The number of fused-ring (bicyclic) bond motifs is 1. The fraction of sp³-hybridized carbons (Fsp3) is 0.464. The molecule has 1 saturated carbocycles. The molecule has 33 heavy (non-hydrogen) atoms. The number of hydrogen-bond donors (Lipinski definition) is 2. The van der Waals surface area contributed by atoms with Gasteiger partial charge in [0.1, 0.15) is 0 Å². The molecule has 5 heteroatoms. The Morgan fingerprint density at radius 3 is 2.45 bits per heavy atom. The quantitative estimate of drug-likeness (QED) is 0.375. The fourth-order valence-electron chi connectivity index (χ4n) is 5.39. The van der Waals surface area contributed by atoms with Crippen molar-refractivity contribution in [1.29, 1.82) is 0 Å². The van der Waals surface area contributed by atoms with Crippen LogP contribution in [-0.2, 0) is 16.8 Å². The second-order valence-electron chi connectivity index (χ2n) is 9.61. The number of hydrogen-bond acceptors (Lipinski definition) is 2. The molecule has 1 aliphatic carbocycles. The van der Waals surface area contributed by atoms with Gasteiger partial charge in [-0.2, -0.15) is 0 Å². The predicted octanol–water partition coefficient (Wildman–Crippen LogP) is 6.07. The summed E-state index contributed by atoms with van der Waals surface area (Å²) in [4.78, 5) is 18.1. The number of carbonyl (C=O) groups is 1. The average Bonchev–Trinajstić information content (AvgIpc) is 3.24. The lowest BCUT2D eigenvalue weighted by atomic mass is 9.72. The van der Waals surface area contributed by atoms with Gasteiger partial charge in [-0.05, 0) is 82.2 Å². The van der Waals surface area contributed by atoms with Crippen molar-refractivity contribution in [1.82, 2.24) is 15.2 Å². The molecular weight excluding hydrogens is 430 g/mol. The molecule has 0 spiro atoms. The molecule has 0 bridgehead atoms. The normalized spacial score (nSPS) is 20.5. The molecule has 0 saturated heterocycles. The van der Waals surface area contributed by atoms with E-state index in [0.29, 0.717) is 12.3 Å². The lowest BCUT2D eigenvalue weighted by Crippen LogP contribution is -2.45. The number of para-hydroxylation sites is 1. The molecule has 1 aromatic heterocycles. The van der Waals surface area contributed by atoms with E-state index in [-0.39, 0.29) is 23.9 Å². The highest BCUT2D eigenvalue weighted by Crippen LogP contribution is 2.42.